The fourth-order valence-electron chi connectivity index (χ4n) is 4.91. The van der Waals surface area contributed by atoms with Crippen LogP contribution < -0.4 is 0 Å². The van der Waals surface area contributed by atoms with Crippen LogP contribution in [0.15, 0.2) is 115 Å². The number of pyridine rings is 2. The third-order valence-electron chi connectivity index (χ3n) is 6.65. The molecule has 0 saturated heterocycles. The van der Waals surface area contributed by atoms with Crippen LogP contribution in [0.25, 0.3) is 55.3 Å². The Labute approximate surface area is 206 Å². The van der Waals surface area contributed by atoms with Crippen molar-refractivity contribution in [3.63, 3.8) is 0 Å². The van der Waals surface area contributed by atoms with Gasteiger partial charge in [0.2, 0.25) is 0 Å². The molecular weight excluding hydrogens is 424 g/mol. The molecule has 0 aliphatic heterocycles. The summed E-state index contributed by atoms with van der Waals surface area (Å²) in [5.74, 6) is 0. The van der Waals surface area contributed by atoms with Crippen LogP contribution in [0.2, 0.25) is 0 Å². The Morgan fingerprint density at radius 3 is 1.86 bits per heavy atom. The molecular formula is C33H26N2. The highest BCUT2D eigenvalue weighted by molar-refractivity contribution is 6.12. The van der Waals surface area contributed by atoms with Crippen LogP contribution in [0.3, 0.4) is 0 Å². The third kappa shape index (κ3) is 3.98. The summed E-state index contributed by atoms with van der Waals surface area (Å²) in [4.78, 5) is 10.0. The van der Waals surface area contributed by atoms with Gasteiger partial charge in [0.05, 0.1) is 16.7 Å². The lowest BCUT2D eigenvalue weighted by molar-refractivity contribution is 0.922. The van der Waals surface area contributed by atoms with E-state index in [0.29, 0.717) is 0 Å². The van der Waals surface area contributed by atoms with Gasteiger partial charge in [-0.25, -0.2) is 4.98 Å². The topological polar surface area (TPSA) is 25.8 Å². The van der Waals surface area contributed by atoms with Gasteiger partial charge in [0.25, 0.3) is 0 Å². The van der Waals surface area contributed by atoms with Crippen LogP contribution in [-0.4, -0.2) is 9.97 Å². The van der Waals surface area contributed by atoms with Gasteiger partial charge in [0.1, 0.15) is 0 Å². The van der Waals surface area contributed by atoms with E-state index in [1.54, 1.807) is 0 Å². The molecule has 2 heteroatoms. The van der Waals surface area contributed by atoms with Gasteiger partial charge in [0, 0.05) is 22.5 Å². The molecule has 6 aromatic rings. The molecule has 0 spiro atoms. The van der Waals surface area contributed by atoms with Crippen molar-refractivity contribution in [3.8, 4) is 33.5 Å². The molecule has 0 radical (unpaired) electrons. The molecule has 0 fully saturated rings. The second-order valence-electron chi connectivity index (χ2n) is 8.95. The zero-order chi connectivity index (χ0) is 23.6. The van der Waals surface area contributed by atoms with E-state index < -0.39 is 0 Å². The maximum Gasteiger partial charge on any atom is 0.0978 e. The van der Waals surface area contributed by atoms with Gasteiger partial charge in [0.15, 0.2) is 0 Å². The van der Waals surface area contributed by atoms with Crippen LogP contribution in [0.5, 0.6) is 0 Å². The summed E-state index contributed by atoms with van der Waals surface area (Å²) < 4.78 is 0. The van der Waals surface area contributed by atoms with E-state index >= 15 is 0 Å². The molecule has 2 heterocycles. The van der Waals surface area contributed by atoms with Gasteiger partial charge in [-0.15, -0.1) is 0 Å². The number of hydrogen-bond acceptors (Lipinski definition) is 2. The van der Waals surface area contributed by atoms with E-state index in [2.05, 4.69) is 110 Å². The van der Waals surface area contributed by atoms with Crippen molar-refractivity contribution in [2.75, 3.05) is 0 Å². The summed E-state index contributed by atoms with van der Waals surface area (Å²) in [6.45, 7) is 2.22. The largest absolute Gasteiger partial charge is 0.254 e. The Balaban J connectivity index is 1.63. The Bertz CT molecular complexity index is 1620. The molecule has 2 aromatic heterocycles. The Morgan fingerprint density at radius 1 is 0.571 bits per heavy atom. The summed E-state index contributed by atoms with van der Waals surface area (Å²) in [6.07, 6.45) is 4.14. The summed E-state index contributed by atoms with van der Waals surface area (Å²) in [6, 6.07) is 38.6. The molecule has 4 aromatic carbocycles. The van der Waals surface area contributed by atoms with Crippen LogP contribution in [0.4, 0.5) is 0 Å². The highest BCUT2D eigenvalue weighted by Crippen LogP contribution is 2.37. The average Bonchev–Trinajstić information content (AvgIpc) is 2.93. The zero-order valence-corrected chi connectivity index (χ0v) is 19.8. The molecule has 35 heavy (non-hydrogen) atoms. The predicted octanol–water partition coefficient (Wildman–Crippen LogP) is 8.74. The van der Waals surface area contributed by atoms with Crippen molar-refractivity contribution in [2.24, 2.45) is 0 Å². The first-order chi connectivity index (χ1) is 17.3. The first kappa shape index (κ1) is 21.2. The molecule has 6 rings (SSSR count). The second kappa shape index (κ2) is 9.15. The van der Waals surface area contributed by atoms with E-state index in [0.717, 1.165) is 45.9 Å². The minimum absolute atomic E-state index is 0.936. The van der Waals surface area contributed by atoms with Gasteiger partial charge in [-0.1, -0.05) is 110 Å². The molecule has 0 amide bonds. The lowest BCUT2D eigenvalue weighted by Crippen LogP contribution is -1.94. The number of fused-ring (bicyclic) bond motifs is 3. The quantitative estimate of drug-likeness (QED) is 0.245. The van der Waals surface area contributed by atoms with E-state index in [1.165, 1.54) is 27.8 Å². The van der Waals surface area contributed by atoms with E-state index in [-0.39, 0.29) is 0 Å². The molecule has 0 bridgehead atoms. The number of rotatable bonds is 5. The number of hydrogen-bond donors (Lipinski definition) is 0. The van der Waals surface area contributed by atoms with Crippen molar-refractivity contribution < 1.29 is 0 Å². The summed E-state index contributed by atoms with van der Waals surface area (Å²) in [5, 5.41) is 2.24. The smallest absolute Gasteiger partial charge is 0.0978 e. The van der Waals surface area contributed by atoms with Gasteiger partial charge in [-0.05, 0) is 46.4 Å². The third-order valence-corrected chi connectivity index (χ3v) is 6.65. The maximum absolute atomic E-state index is 5.21. The number of benzene rings is 4. The molecule has 2 nitrogen and oxygen atoms in total. The number of aromatic nitrogens is 2. The summed E-state index contributed by atoms with van der Waals surface area (Å²) in [5.41, 5.74) is 10.1. The molecule has 0 saturated carbocycles. The van der Waals surface area contributed by atoms with Crippen molar-refractivity contribution in [1.29, 1.82) is 0 Å². The van der Waals surface area contributed by atoms with Crippen LogP contribution >= 0.6 is 0 Å². The molecule has 168 valence electrons. The highest BCUT2D eigenvalue weighted by Gasteiger charge is 2.15. The normalized spacial score (nSPS) is 11.2. The minimum Gasteiger partial charge on any atom is -0.254 e. The first-order valence-electron chi connectivity index (χ1n) is 12.2. The molecule has 0 N–H and O–H groups in total. The van der Waals surface area contributed by atoms with Crippen molar-refractivity contribution in [3.05, 3.63) is 121 Å². The van der Waals surface area contributed by atoms with Crippen molar-refractivity contribution in [2.45, 2.75) is 19.8 Å². The Morgan fingerprint density at radius 2 is 1.20 bits per heavy atom. The monoisotopic (exact) mass is 450 g/mol. The van der Waals surface area contributed by atoms with Crippen molar-refractivity contribution >= 4 is 21.8 Å². The molecule has 0 unspecified atom stereocenters. The minimum atomic E-state index is 0.936. The lowest BCUT2D eigenvalue weighted by atomic mass is 9.95. The number of aryl methyl sites for hydroxylation is 1. The van der Waals surface area contributed by atoms with E-state index in [4.69, 9.17) is 9.97 Å². The average molecular weight is 451 g/mol. The summed E-state index contributed by atoms with van der Waals surface area (Å²) in [7, 11) is 0. The Hall–Kier alpha value is -4.30. The fraction of sp³-hybridized carbons (Fsp3) is 0.0909. The predicted molar refractivity (Wildman–Crippen MR) is 147 cm³/mol. The van der Waals surface area contributed by atoms with Crippen LogP contribution in [0.1, 0.15) is 18.9 Å². The van der Waals surface area contributed by atoms with E-state index in [1.807, 2.05) is 12.3 Å². The fourth-order valence-corrected chi connectivity index (χ4v) is 4.91. The standard InChI is InChI=1S/C33H26N2/c1-2-9-23-14-16-26(17-15-23)31-22-30(25-12-7-4-8-13-25)29-19-18-28-27(24-10-5-3-6-11-24)20-21-34-32(28)33(29)35-31/h3-8,10-22H,2,9H2,1H3. The van der Waals surface area contributed by atoms with Crippen LogP contribution in [0, 0.1) is 0 Å². The second-order valence-corrected chi connectivity index (χ2v) is 8.95. The number of nitrogens with zero attached hydrogens (tertiary/aromatic N) is 2. The molecule has 0 aliphatic rings. The van der Waals surface area contributed by atoms with Gasteiger partial charge < -0.3 is 0 Å². The van der Waals surface area contributed by atoms with Gasteiger partial charge in [-0.3, -0.25) is 4.98 Å². The highest BCUT2D eigenvalue weighted by atomic mass is 14.8. The summed E-state index contributed by atoms with van der Waals surface area (Å²) >= 11 is 0. The zero-order valence-electron chi connectivity index (χ0n) is 19.8. The van der Waals surface area contributed by atoms with Crippen molar-refractivity contribution in [1.82, 2.24) is 9.97 Å². The SMILES string of the molecule is CCCc1ccc(-c2cc(-c3ccccc3)c3ccc4c(-c5ccccc5)ccnc4c3n2)cc1. The maximum atomic E-state index is 5.21. The van der Waals surface area contributed by atoms with E-state index in [9.17, 15) is 0 Å². The van der Waals surface area contributed by atoms with Gasteiger partial charge in [-0.2, -0.15) is 0 Å². The van der Waals surface area contributed by atoms with Crippen LogP contribution in [-0.2, 0) is 6.42 Å². The first-order valence-corrected chi connectivity index (χ1v) is 12.2. The Kier molecular flexibility index (Phi) is 5.56. The molecule has 0 aliphatic carbocycles. The lowest BCUT2D eigenvalue weighted by Gasteiger charge is -2.14. The van der Waals surface area contributed by atoms with Gasteiger partial charge >= 0.3 is 0 Å². The molecule has 0 atom stereocenters.